The minimum Gasteiger partial charge on any atom is -0.480 e. The molecule has 2 heterocycles. The lowest BCUT2D eigenvalue weighted by Crippen LogP contribution is -2.41. The Morgan fingerprint density at radius 2 is 2.14 bits per heavy atom. The zero-order chi connectivity index (χ0) is 15.0. The van der Waals surface area contributed by atoms with Crippen molar-refractivity contribution in [3.8, 4) is 0 Å². The summed E-state index contributed by atoms with van der Waals surface area (Å²) in [6.45, 7) is 0.642. The number of carboxylic acids is 1. The molecule has 0 bridgehead atoms. The highest BCUT2D eigenvalue weighted by Gasteiger charge is 2.33. The van der Waals surface area contributed by atoms with Crippen molar-refractivity contribution in [3.05, 3.63) is 35.5 Å². The third-order valence-corrected chi connectivity index (χ3v) is 4.13. The van der Waals surface area contributed by atoms with Gasteiger partial charge in [-0.1, -0.05) is 17.7 Å². The zero-order valence-electron chi connectivity index (χ0n) is 11.3. The molecule has 1 amide bonds. The van der Waals surface area contributed by atoms with E-state index in [0.29, 0.717) is 18.0 Å². The van der Waals surface area contributed by atoms with Gasteiger partial charge in [-0.15, -0.1) is 0 Å². The van der Waals surface area contributed by atoms with Gasteiger partial charge in [-0.3, -0.25) is 4.79 Å². The predicted molar refractivity (Wildman–Crippen MR) is 79.3 cm³/mol. The molecule has 5 nitrogen and oxygen atoms in total. The van der Waals surface area contributed by atoms with Gasteiger partial charge in [-0.2, -0.15) is 0 Å². The van der Waals surface area contributed by atoms with Crippen LogP contribution in [0.2, 0.25) is 5.02 Å². The highest BCUT2D eigenvalue weighted by molar-refractivity contribution is 6.31. The number of aromatic nitrogens is 1. The van der Waals surface area contributed by atoms with Gasteiger partial charge in [0.15, 0.2) is 0 Å². The normalized spacial score (nSPS) is 18.3. The number of halogens is 1. The first-order valence-corrected chi connectivity index (χ1v) is 7.21. The summed E-state index contributed by atoms with van der Waals surface area (Å²) in [6.07, 6.45) is 3.09. The molecule has 0 saturated carbocycles. The van der Waals surface area contributed by atoms with Crippen LogP contribution in [0.1, 0.15) is 12.8 Å². The smallest absolute Gasteiger partial charge is 0.326 e. The number of hydrogen-bond acceptors (Lipinski definition) is 2. The molecule has 0 aliphatic carbocycles. The maximum Gasteiger partial charge on any atom is 0.326 e. The zero-order valence-corrected chi connectivity index (χ0v) is 12.1. The van der Waals surface area contributed by atoms with Crippen LogP contribution in [-0.2, 0) is 16.1 Å². The molecule has 21 heavy (non-hydrogen) atoms. The fourth-order valence-electron chi connectivity index (χ4n) is 2.85. The van der Waals surface area contributed by atoms with E-state index in [9.17, 15) is 9.59 Å². The summed E-state index contributed by atoms with van der Waals surface area (Å²) >= 11 is 5.99. The number of hydrogen-bond donors (Lipinski definition) is 1. The summed E-state index contributed by atoms with van der Waals surface area (Å²) in [5.74, 6) is -1.10. The monoisotopic (exact) mass is 306 g/mol. The molecule has 110 valence electrons. The van der Waals surface area contributed by atoms with Crippen molar-refractivity contribution in [2.45, 2.75) is 25.4 Å². The van der Waals surface area contributed by atoms with E-state index in [1.54, 1.807) is 10.6 Å². The van der Waals surface area contributed by atoms with E-state index in [-0.39, 0.29) is 12.5 Å². The second kappa shape index (κ2) is 5.41. The quantitative estimate of drug-likeness (QED) is 0.947. The molecule has 1 fully saturated rings. The van der Waals surface area contributed by atoms with E-state index >= 15 is 0 Å². The lowest BCUT2D eigenvalue weighted by Gasteiger charge is -2.21. The van der Waals surface area contributed by atoms with Gasteiger partial charge >= 0.3 is 5.97 Å². The molecule has 0 radical (unpaired) electrons. The van der Waals surface area contributed by atoms with E-state index in [2.05, 4.69) is 0 Å². The maximum absolute atomic E-state index is 12.4. The third-order valence-electron chi connectivity index (χ3n) is 3.90. The number of amides is 1. The number of aliphatic carboxylic acids is 1. The number of rotatable bonds is 3. The molecule has 2 aromatic rings. The van der Waals surface area contributed by atoms with Crippen molar-refractivity contribution >= 4 is 34.4 Å². The molecule has 1 aliphatic rings. The van der Waals surface area contributed by atoms with E-state index in [1.807, 2.05) is 24.4 Å². The molecule has 1 saturated heterocycles. The summed E-state index contributed by atoms with van der Waals surface area (Å²) in [4.78, 5) is 25.0. The SMILES string of the molecule is O=C(O)[C@@H]1CCCN1C(=O)Cn1ccc2ccc(Cl)cc21. The van der Waals surface area contributed by atoms with Crippen LogP contribution in [0.3, 0.4) is 0 Å². The molecule has 1 atom stereocenters. The largest absolute Gasteiger partial charge is 0.480 e. The second-order valence-electron chi connectivity index (χ2n) is 5.23. The van der Waals surface area contributed by atoms with Crippen molar-refractivity contribution in [1.82, 2.24) is 9.47 Å². The fraction of sp³-hybridized carbons (Fsp3) is 0.333. The van der Waals surface area contributed by atoms with Gasteiger partial charge in [0.2, 0.25) is 5.91 Å². The van der Waals surface area contributed by atoms with Crippen LogP contribution in [0.25, 0.3) is 10.9 Å². The Bertz CT molecular complexity index is 710. The first-order chi connectivity index (χ1) is 10.1. The standard InChI is InChI=1S/C15H15ClN2O3/c16-11-4-3-10-5-7-17(13(10)8-11)9-14(19)18-6-1-2-12(18)15(20)21/h3-5,7-8,12H,1-2,6,9H2,(H,20,21)/t12-/m0/s1. The molecule has 0 spiro atoms. The van der Waals surface area contributed by atoms with Crippen LogP contribution in [-0.4, -0.2) is 39.0 Å². The summed E-state index contributed by atoms with van der Waals surface area (Å²) in [7, 11) is 0. The highest BCUT2D eigenvalue weighted by Crippen LogP contribution is 2.22. The number of carbonyl (C=O) groups excluding carboxylic acids is 1. The molecule has 1 aliphatic heterocycles. The van der Waals surface area contributed by atoms with Crippen LogP contribution < -0.4 is 0 Å². The molecule has 3 rings (SSSR count). The van der Waals surface area contributed by atoms with E-state index < -0.39 is 12.0 Å². The van der Waals surface area contributed by atoms with Crippen LogP contribution in [0.15, 0.2) is 30.5 Å². The Kier molecular flexibility index (Phi) is 3.59. The van der Waals surface area contributed by atoms with Gasteiger partial charge in [0.05, 0.1) is 0 Å². The molecule has 6 heteroatoms. The molecular weight excluding hydrogens is 292 g/mol. The van der Waals surface area contributed by atoms with E-state index in [0.717, 1.165) is 17.3 Å². The lowest BCUT2D eigenvalue weighted by molar-refractivity contribution is -0.148. The summed E-state index contributed by atoms with van der Waals surface area (Å²) < 4.78 is 1.81. The number of nitrogens with zero attached hydrogens (tertiary/aromatic N) is 2. The maximum atomic E-state index is 12.4. The number of likely N-dealkylation sites (tertiary alicyclic amines) is 1. The molecular formula is C15H15ClN2O3. The highest BCUT2D eigenvalue weighted by atomic mass is 35.5. The van der Waals surface area contributed by atoms with Crippen molar-refractivity contribution in [2.24, 2.45) is 0 Å². The minimum absolute atomic E-state index is 0.133. The van der Waals surface area contributed by atoms with Crippen LogP contribution in [0.5, 0.6) is 0 Å². The van der Waals surface area contributed by atoms with Gasteiger partial charge in [0.25, 0.3) is 0 Å². The Morgan fingerprint density at radius 1 is 1.33 bits per heavy atom. The Balaban J connectivity index is 1.83. The van der Waals surface area contributed by atoms with Gasteiger partial charge in [0.1, 0.15) is 12.6 Å². The number of fused-ring (bicyclic) bond motifs is 1. The Morgan fingerprint density at radius 3 is 2.90 bits per heavy atom. The van der Waals surface area contributed by atoms with Crippen LogP contribution in [0.4, 0.5) is 0 Å². The van der Waals surface area contributed by atoms with Gasteiger partial charge in [-0.25, -0.2) is 4.79 Å². The Hall–Kier alpha value is -2.01. The van der Waals surface area contributed by atoms with Crippen LogP contribution in [0, 0.1) is 0 Å². The number of benzene rings is 1. The van der Waals surface area contributed by atoms with Crippen LogP contribution >= 0.6 is 11.6 Å². The lowest BCUT2D eigenvalue weighted by atomic mass is 10.2. The third kappa shape index (κ3) is 2.61. The molecule has 0 unspecified atom stereocenters. The van der Waals surface area contributed by atoms with Crippen molar-refractivity contribution in [2.75, 3.05) is 6.54 Å². The molecule has 1 aromatic heterocycles. The minimum atomic E-state index is -0.929. The van der Waals surface area contributed by atoms with Gasteiger partial charge in [-0.05, 0) is 36.4 Å². The Labute approximate surface area is 126 Å². The average Bonchev–Trinajstić information content (AvgIpc) is 3.06. The summed E-state index contributed by atoms with van der Waals surface area (Å²) in [5, 5.41) is 10.8. The molecule has 1 aromatic carbocycles. The summed E-state index contributed by atoms with van der Waals surface area (Å²) in [5.41, 5.74) is 0.877. The van der Waals surface area contributed by atoms with Gasteiger partial charge < -0.3 is 14.6 Å². The van der Waals surface area contributed by atoms with Crippen molar-refractivity contribution in [1.29, 1.82) is 0 Å². The van der Waals surface area contributed by atoms with E-state index in [4.69, 9.17) is 16.7 Å². The average molecular weight is 307 g/mol. The van der Waals surface area contributed by atoms with Crippen molar-refractivity contribution in [3.63, 3.8) is 0 Å². The van der Waals surface area contributed by atoms with E-state index in [1.165, 1.54) is 4.90 Å². The fourth-order valence-corrected chi connectivity index (χ4v) is 3.02. The van der Waals surface area contributed by atoms with Gasteiger partial charge in [0, 0.05) is 23.3 Å². The number of carboxylic acid groups (broad SMARTS) is 1. The summed E-state index contributed by atoms with van der Waals surface area (Å²) in [6, 6.07) is 6.73. The topological polar surface area (TPSA) is 62.5 Å². The second-order valence-corrected chi connectivity index (χ2v) is 5.67. The molecule has 1 N–H and O–H groups in total. The van der Waals surface area contributed by atoms with Crippen molar-refractivity contribution < 1.29 is 14.7 Å². The predicted octanol–water partition coefficient (Wildman–Crippen LogP) is 2.37. The first-order valence-electron chi connectivity index (χ1n) is 6.83. The number of carbonyl (C=O) groups is 2. The first kappa shape index (κ1) is 13.9.